The number of aliphatic imine (C=N–C) groups is 1. The number of hydrogen-bond donors (Lipinski definition) is 3. The molecule has 0 aliphatic carbocycles. The quantitative estimate of drug-likeness (QED) is 0.444. The topological polar surface area (TPSA) is 59.9 Å². The Balaban J connectivity index is 1.48. The van der Waals surface area contributed by atoms with Crippen molar-refractivity contribution in [1.82, 2.24) is 15.5 Å². The van der Waals surface area contributed by atoms with Crippen LogP contribution in [0.2, 0.25) is 5.02 Å². The molecule has 162 valence electrons. The molecule has 0 atom stereocenters. The normalized spacial score (nSPS) is 15.9. The van der Waals surface area contributed by atoms with Crippen LogP contribution < -0.4 is 10.6 Å². The van der Waals surface area contributed by atoms with Gasteiger partial charge in [0.1, 0.15) is 0 Å². The maximum Gasteiger partial charge on any atom is 0.191 e. The molecule has 2 aromatic carbocycles. The van der Waals surface area contributed by atoms with Gasteiger partial charge in [-0.1, -0.05) is 54.1 Å². The van der Waals surface area contributed by atoms with E-state index in [4.69, 9.17) is 16.6 Å². The molecule has 2 aromatic rings. The van der Waals surface area contributed by atoms with Gasteiger partial charge in [0.15, 0.2) is 5.96 Å². The van der Waals surface area contributed by atoms with E-state index in [0.29, 0.717) is 6.54 Å². The van der Waals surface area contributed by atoms with E-state index >= 15 is 0 Å². The molecule has 1 saturated heterocycles. The molecule has 0 radical (unpaired) electrons. The average Bonchev–Trinajstić information content (AvgIpc) is 2.76. The zero-order valence-electron chi connectivity index (χ0n) is 17.8. The van der Waals surface area contributed by atoms with Gasteiger partial charge in [0.2, 0.25) is 0 Å². The summed E-state index contributed by atoms with van der Waals surface area (Å²) in [4.78, 5) is 7.12. The second-order valence-electron chi connectivity index (χ2n) is 7.79. The molecular weight excluding hydrogens is 396 g/mol. The molecule has 5 nitrogen and oxygen atoms in total. The number of nitrogens with zero attached hydrogens (tertiary/aromatic N) is 2. The minimum atomic E-state index is -0.120. The highest BCUT2D eigenvalue weighted by atomic mass is 35.5. The predicted molar refractivity (Wildman–Crippen MR) is 125 cm³/mol. The van der Waals surface area contributed by atoms with Crippen LogP contribution in [-0.2, 0) is 19.5 Å². The van der Waals surface area contributed by atoms with Gasteiger partial charge in [0, 0.05) is 37.7 Å². The van der Waals surface area contributed by atoms with E-state index in [1.54, 1.807) is 0 Å². The molecule has 3 N–H and O–H groups in total. The lowest BCUT2D eigenvalue weighted by molar-refractivity contribution is 0.0792. The van der Waals surface area contributed by atoms with E-state index in [-0.39, 0.29) is 6.10 Å². The molecule has 3 rings (SSSR count). The first-order valence-corrected chi connectivity index (χ1v) is 11.3. The Labute approximate surface area is 185 Å². The van der Waals surface area contributed by atoms with Gasteiger partial charge in [-0.2, -0.15) is 0 Å². The van der Waals surface area contributed by atoms with Crippen molar-refractivity contribution >= 4 is 17.6 Å². The first-order chi connectivity index (χ1) is 14.6. The van der Waals surface area contributed by atoms with Crippen molar-refractivity contribution in [3.05, 3.63) is 70.2 Å². The zero-order chi connectivity index (χ0) is 21.2. The summed E-state index contributed by atoms with van der Waals surface area (Å²) in [5.41, 5.74) is 3.64. The van der Waals surface area contributed by atoms with Crippen LogP contribution in [-0.4, -0.2) is 48.2 Å². The number of nitrogens with one attached hydrogen (secondary N) is 2. The van der Waals surface area contributed by atoms with Crippen molar-refractivity contribution in [2.24, 2.45) is 4.99 Å². The Morgan fingerprint density at radius 3 is 2.47 bits per heavy atom. The molecule has 0 aromatic heterocycles. The number of halogens is 1. The lowest BCUT2D eigenvalue weighted by Crippen LogP contribution is -2.38. The van der Waals surface area contributed by atoms with Gasteiger partial charge in [-0.3, -0.25) is 4.90 Å². The minimum Gasteiger partial charge on any atom is -0.393 e. The number of aliphatic hydroxyl groups excluding tert-OH is 1. The monoisotopic (exact) mass is 428 g/mol. The number of benzene rings is 2. The maximum atomic E-state index is 9.64. The molecule has 0 saturated carbocycles. The Kier molecular flexibility index (Phi) is 9.00. The van der Waals surface area contributed by atoms with Crippen molar-refractivity contribution in [3.63, 3.8) is 0 Å². The lowest BCUT2D eigenvalue weighted by Gasteiger charge is -2.29. The summed E-state index contributed by atoms with van der Waals surface area (Å²) in [5, 5.41) is 17.1. The molecule has 0 bridgehead atoms. The standard InChI is InChI=1S/C24H33ClN4O/c1-2-26-24(27-14-11-21-5-3-4-6-23(21)25)28-17-19-7-9-20(10-8-19)18-29-15-12-22(30)13-16-29/h3-10,22,30H,2,11-18H2,1H3,(H2,26,27,28). The molecule has 6 heteroatoms. The van der Waals surface area contributed by atoms with Crippen LogP contribution in [0.5, 0.6) is 0 Å². The van der Waals surface area contributed by atoms with E-state index < -0.39 is 0 Å². The van der Waals surface area contributed by atoms with Crippen molar-refractivity contribution in [2.75, 3.05) is 26.2 Å². The summed E-state index contributed by atoms with van der Waals surface area (Å²) in [5.74, 6) is 0.820. The summed E-state index contributed by atoms with van der Waals surface area (Å²) in [6.07, 6.45) is 2.49. The zero-order valence-corrected chi connectivity index (χ0v) is 18.5. The second kappa shape index (κ2) is 11.9. The summed E-state index contributed by atoms with van der Waals surface area (Å²) < 4.78 is 0. The van der Waals surface area contributed by atoms with Crippen LogP contribution >= 0.6 is 11.6 Å². The highest BCUT2D eigenvalue weighted by molar-refractivity contribution is 6.31. The SMILES string of the molecule is CCNC(=NCc1ccc(CN2CCC(O)CC2)cc1)NCCc1ccccc1Cl. The Morgan fingerprint density at radius 1 is 1.07 bits per heavy atom. The molecule has 1 aliphatic heterocycles. The first-order valence-electron chi connectivity index (χ1n) is 10.9. The van der Waals surface area contributed by atoms with Gasteiger partial charge >= 0.3 is 0 Å². The summed E-state index contributed by atoms with van der Waals surface area (Å²) in [6.45, 7) is 7.19. The van der Waals surface area contributed by atoms with Crippen LogP contribution in [0.4, 0.5) is 0 Å². The number of rotatable bonds is 8. The van der Waals surface area contributed by atoms with Crippen LogP contribution in [0.25, 0.3) is 0 Å². The summed E-state index contributed by atoms with van der Waals surface area (Å²) in [7, 11) is 0. The molecule has 0 spiro atoms. The van der Waals surface area contributed by atoms with E-state index in [2.05, 4.69) is 52.8 Å². The Bertz CT molecular complexity index is 801. The number of guanidine groups is 1. The van der Waals surface area contributed by atoms with Crippen molar-refractivity contribution in [3.8, 4) is 0 Å². The third kappa shape index (κ3) is 7.31. The van der Waals surface area contributed by atoms with Gasteiger partial charge in [-0.15, -0.1) is 0 Å². The van der Waals surface area contributed by atoms with Gasteiger partial charge in [-0.05, 0) is 48.9 Å². The third-order valence-corrected chi connectivity index (χ3v) is 5.76. The smallest absolute Gasteiger partial charge is 0.191 e. The van der Waals surface area contributed by atoms with Gasteiger partial charge in [0.25, 0.3) is 0 Å². The predicted octanol–water partition coefficient (Wildman–Crippen LogP) is 3.59. The molecule has 0 unspecified atom stereocenters. The van der Waals surface area contributed by atoms with Gasteiger partial charge in [0.05, 0.1) is 12.6 Å². The lowest BCUT2D eigenvalue weighted by atomic mass is 10.1. The van der Waals surface area contributed by atoms with Crippen LogP contribution in [0.3, 0.4) is 0 Å². The van der Waals surface area contributed by atoms with E-state index in [0.717, 1.165) is 68.5 Å². The third-order valence-electron chi connectivity index (χ3n) is 5.39. The van der Waals surface area contributed by atoms with E-state index in [1.165, 1.54) is 11.1 Å². The molecule has 1 aliphatic rings. The average molecular weight is 429 g/mol. The number of likely N-dealkylation sites (tertiary alicyclic amines) is 1. The molecular formula is C24H33ClN4O. The molecule has 30 heavy (non-hydrogen) atoms. The second-order valence-corrected chi connectivity index (χ2v) is 8.19. The van der Waals surface area contributed by atoms with E-state index in [9.17, 15) is 5.11 Å². The van der Waals surface area contributed by atoms with Crippen molar-refractivity contribution < 1.29 is 5.11 Å². The minimum absolute atomic E-state index is 0.120. The van der Waals surface area contributed by atoms with Crippen molar-refractivity contribution in [2.45, 2.75) is 45.4 Å². The fourth-order valence-electron chi connectivity index (χ4n) is 3.61. The number of hydrogen-bond acceptors (Lipinski definition) is 3. The Hall–Kier alpha value is -2.08. The summed E-state index contributed by atoms with van der Waals surface area (Å²) in [6, 6.07) is 16.6. The highest BCUT2D eigenvalue weighted by Gasteiger charge is 2.16. The largest absolute Gasteiger partial charge is 0.393 e. The van der Waals surface area contributed by atoms with Gasteiger partial charge < -0.3 is 15.7 Å². The van der Waals surface area contributed by atoms with E-state index in [1.807, 2.05) is 18.2 Å². The van der Waals surface area contributed by atoms with Crippen molar-refractivity contribution in [1.29, 1.82) is 0 Å². The number of aliphatic hydroxyl groups is 1. The van der Waals surface area contributed by atoms with Crippen LogP contribution in [0.15, 0.2) is 53.5 Å². The number of piperidine rings is 1. The van der Waals surface area contributed by atoms with Crippen LogP contribution in [0, 0.1) is 0 Å². The Morgan fingerprint density at radius 2 is 1.77 bits per heavy atom. The molecule has 1 fully saturated rings. The fraction of sp³-hybridized carbons (Fsp3) is 0.458. The first kappa shape index (κ1) is 22.6. The maximum absolute atomic E-state index is 9.64. The fourth-order valence-corrected chi connectivity index (χ4v) is 3.84. The molecule has 0 amide bonds. The van der Waals surface area contributed by atoms with Crippen LogP contribution in [0.1, 0.15) is 36.5 Å². The highest BCUT2D eigenvalue weighted by Crippen LogP contribution is 2.15. The van der Waals surface area contributed by atoms with Gasteiger partial charge in [-0.25, -0.2) is 4.99 Å². The molecule has 1 heterocycles. The summed E-state index contributed by atoms with van der Waals surface area (Å²) >= 11 is 6.23.